The molecule has 0 atom stereocenters. The fourth-order valence-corrected chi connectivity index (χ4v) is 2.37. The van der Waals surface area contributed by atoms with Crippen molar-refractivity contribution in [2.24, 2.45) is 0 Å². The number of rotatable bonds is 5. The highest BCUT2D eigenvalue weighted by molar-refractivity contribution is 6.03. The zero-order chi connectivity index (χ0) is 19.9. The number of hydrogen-bond acceptors (Lipinski definition) is 7. The molecular formula is C20H16N2O6. The van der Waals surface area contributed by atoms with Crippen LogP contribution in [0.5, 0.6) is 0 Å². The van der Waals surface area contributed by atoms with E-state index in [1.54, 1.807) is 48.5 Å². The number of benzene rings is 2. The first-order valence-corrected chi connectivity index (χ1v) is 8.25. The molecule has 0 fully saturated rings. The predicted molar refractivity (Wildman–Crippen MR) is 97.4 cm³/mol. The number of aromatic amines is 1. The molecule has 0 aliphatic carbocycles. The van der Waals surface area contributed by atoms with Gasteiger partial charge in [0, 0.05) is 5.56 Å². The molecule has 142 valence electrons. The molecule has 0 spiro atoms. The maximum atomic E-state index is 12.3. The number of ether oxygens (including phenoxy) is 3. The number of esters is 2. The molecule has 28 heavy (non-hydrogen) atoms. The third-order valence-corrected chi connectivity index (χ3v) is 3.71. The maximum Gasteiger partial charge on any atom is 0.516 e. The molecule has 0 saturated carbocycles. The summed E-state index contributed by atoms with van der Waals surface area (Å²) in [7, 11) is 1.16. The minimum absolute atomic E-state index is 0.0629. The van der Waals surface area contributed by atoms with Crippen LogP contribution >= 0.6 is 0 Å². The van der Waals surface area contributed by atoms with Gasteiger partial charge < -0.3 is 19.2 Å². The molecule has 0 unspecified atom stereocenters. The number of aromatic nitrogens is 2. The minimum Gasteiger partial charge on any atom is -0.464 e. The molecule has 1 heterocycles. The van der Waals surface area contributed by atoms with Gasteiger partial charge in [0.15, 0.2) is 11.4 Å². The number of imidazole rings is 1. The van der Waals surface area contributed by atoms with E-state index < -0.39 is 18.1 Å². The van der Waals surface area contributed by atoms with Crippen LogP contribution < -0.4 is 0 Å². The minimum atomic E-state index is -1.20. The van der Waals surface area contributed by atoms with Crippen molar-refractivity contribution in [3.63, 3.8) is 0 Å². The zero-order valence-corrected chi connectivity index (χ0v) is 14.9. The second-order valence-corrected chi connectivity index (χ2v) is 5.58. The van der Waals surface area contributed by atoms with Gasteiger partial charge in [-0.05, 0) is 5.56 Å². The summed E-state index contributed by atoms with van der Waals surface area (Å²) in [5, 5.41) is 0. The second kappa shape index (κ2) is 8.63. The molecule has 0 aliphatic rings. The van der Waals surface area contributed by atoms with Gasteiger partial charge in [-0.25, -0.2) is 19.4 Å². The van der Waals surface area contributed by atoms with Gasteiger partial charge in [-0.1, -0.05) is 60.7 Å². The summed E-state index contributed by atoms with van der Waals surface area (Å²) >= 11 is 0. The lowest BCUT2D eigenvalue weighted by Crippen LogP contribution is -2.17. The number of nitrogens with zero attached hydrogens (tertiary/aromatic N) is 1. The molecule has 3 aromatic rings. The smallest absolute Gasteiger partial charge is 0.464 e. The van der Waals surface area contributed by atoms with Crippen LogP contribution in [0.3, 0.4) is 0 Å². The number of nitrogens with one attached hydrogen (secondary N) is 1. The maximum absolute atomic E-state index is 12.3. The van der Waals surface area contributed by atoms with Crippen molar-refractivity contribution in [3.8, 4) is 11.4 Å². The molecule has 8 nitrogen and oxygen atoms in total. The highest BCUT2D eigenvalue weighted by atomic mass is 16.7. The SMILES string of the molecule is COC(=O)c1[nH]c(-c2ccccc2)nc1C(=O)OC(=O)OCc1ccccc1. The molecule has 1 N–H and O–H groups in total. The molecule has 8 heteroatoms. The van der Waals surface area contributed by atoms with E-state index in [9.17, 15) is 14.4 Å². The van der Waals surface area contributed by atoms with Crippen molar-refractivity contribution in [1.29, 1.82) is 0 Å². The largest absolute Gasteiger partial charge is 0.516 e. The van der Waals surface area contributed by atoms with Crippen molar-refractivity contribution < 1.29 is 28.6 Å². The highest BCUT2D eigenvalue weighted by Gasteiger charge is 2.27. The van der Waals surface area contributed by atoms with E-state index in [2.05, 4.69) is 19.4 Å². The van der Waals surface area contributed by atoms with Crippen LogP contribution in [-0.2, 0) is 20.8 Å². The van der Waals surface area contributed by atoms with Gasteiger partial charge in [-0.2, -0.15) is 0 Å². The number of hydrogen-bond donors (Lipinski definition) is 1. The summed E-state index contributed by atoms with van der Waals surface area (Å²) < 4.78 is 14.2. The van der Waals surface area contributed by atoms with Gasteiger partial charge in [0.1, 0.15) is 12.4 Å². The molecule has 0 saturated heterocycles. The monoisotopic (exact) mass is 380 g/mol. The predicted octanol–water partition coefficient (Wildman–Crippen LogP) is 3.36. The molecule has 0 bridgehead atoms. The normalized spacial score (nSPS) is 10.2. The van der Waals surface area contributed by atoms with Crippen molar-refractivity contribution in [2.75, 3.05) is 7.11 Å². The molecule has 0 radical (unpaired) electrons. The van der Waals surface area contributed by atoms with Gasteiger partial charge in [0.25, 0.3) is 0 Å². The lowest BCUT2D eigenvalue weighted by Gasteiger charge is -2.04. The van der Waals surface area contributed by atoms with Gasteiger partial charge in [0.05, 0.1) is 7.11 Å². The van der Waals surface area contributed by atoms with Crippen LogP contribution in [0.1, 0.15) is 26.5 Å². The van der Waals surface area contributed by atoms with E-state index in [0.717, 1.165) is 12.7 Å². The summed E-state index contributed by atoms with van der Waals surface area (Å²) in [6, 6.07) is 17.7. The van der Waals surface area contributed by atoms with E-state index >= 15 is 0 Å². The highest BCUT2D eigenvalue weighted by Crippen LogP contribution is 2.19. The summed E-state index contributed by atoms with van der Waals surface area (Å²) in [6.45, 7) is -0.0629. The second-order valence-electron chi connectivity index (χ2n) is 5.58. The Bertz CT molecular complexity index is 982. The lowest BCUT2D eigenvalue weighted by molar-refractivity contribution is 0.0348. The van der Waals surface area contributed by atoms with Crippen LogP contribution in [0.2, 0.25) is 0 Å². The standard InChI is InChI=1S/C20H16N2O6/c1-26-18(23)15-16(22-17(21-15)14-10-6-3-7-11-14)19(24)28-20(25)27-12-13-8-4-2-5-9-13/h2-11H,12H2,1H3,(H,21,22). The Balaban J connectivity index is 1.75. The molecule has 2 aromatic carbocycles. The summed E-state index contributed by atoms with van der Waals surface area (Å²) in [6.07, 6.45) is -1.20. The zero-order valence-electron chi connectivity index (χ0n) is 14.9. The van der Waals surface area contributed by atoms with Crippen molar-refractivity contribution in [2.45, 2.75) is 6.61 Å². The number of H-pyrrole nitrogens is 1. The van der Waals surface area contributed by atoms with Crippen LogP contribution in [-0.4, -0.2) is 35.2 Å². The first-order valence-electron chi connectivity index (χ1n) is 8.25. The Morgan fingerprint density at radius 2 is 1.57 bits per heavy atom. The average molecular weight is 380 g/mol. The topological polar surface area (TPSA) is 108 Å². The van der Waals surface area contributed by atoms with E-state index in [0.29, 0.717) is 5.56 Å². The van der Waals surface area contributed by atoms with E-state index in [4.69, 9.17) is 4.74 Å². The van der Waals surface area contributed by atoms with Crippen molar-refractivity contribution >= 4 is 18.1 Å². The molecular weight excluding hydrogens is 364 g/mol. The number of methoxy groups -OCH3 is 1. The Morgan fingerprint density at radius 3 is 2.21 bits per heavy atom. The lowest BCUT2D eigenvalue weighted by atomic mass is 10.2. The fourth-order valence-electron chi connectivity index (χ4n) is 2.37. The van der Waals surface area contributed by atoms with Crippen LogP contribution in [0.25, 0.3) is 11.4 Å². The fraction of sp³-hybridized carbons (Fsp3) is 0.100. The third-order valence-electron chi connectivity index (χ3n) is 3.71. The number of carbonyl (C=O) groups is 3. The summed E-state index contributed by atoms with van der Waals surface area (Å²) in [4.78, 5) is 42.9. The van der Waals surface area contributed by atoms with Crippen molar-refractivity contribution in [1.82, 2.24) is 9.97 Å². The Hall–Kier alpha value is -3.94. The summed E-state index contributed by atoms with van der Waals surface area (Å²) in [5.74, 6) is -1.69. The Labute approximate surface area is 160 Å². The van der Waals surface area contributed by atoms with Crippen LogP contribution in [0.15, 0.2) is 60.7 Å². The Kier molecular flexibility index (Phi) is 5.81. The van der Waals surface area contributed by atoms with Gasteiger partial charge in [0.2, 0.25) is 0 Å². The van der Waals surface area contributed by atoms with Gasteiger partial charge >= 0.3 is 18.1 Å². The molecule has 3 rings (SSSR count). The Morgan fingerprint density at radius 1 is 0.929 bits per heavy atom. The average Bonchev–Trinajstić information content (AvgIpc) is 3.19. The van der Waals surface area contributed by atoms with Gasteiger partial charge in [-0.15, -0.1) is 0 Å². The van der Waals surface area contributed by atoms with Gasteiger partial charge in [-0.3, -0.25) is 0 Å². The summed E-state index contributed by atoms with van der Waals surface area (Å²) in [5.41, 5.74) is 0.774. The van der Waals surface area contributed by atoms with Crippen LogP contribution in [0, 0.1) is 0 Å². The first kappa shape index (κ1) is 18.8. The van der Waals surface area contributed by atoms with Crippen LogP contribution in [0.4, 0.5) is 4.79 Å². The van der Waals surface area contributed by atoms with Crippen molar-refractivity contribution in [3.05, 3.63) is 77.6 Å². The number of carbonyl (C=O) groups excluding carboxylic acids is 3. The quantitative estimate of drug-likeness (QED) is 0.534. The van der Waals surface area contributed by atoms with E-state index in [1.165, 1.54) is 0 Å². The first-order chi connectivity index (χ1) is 13.6. The van der Waals surface area contributed by atoms with E-state index in [1.807, 2.05) is 12.1 Å². The molecule has 1 aromatic heterocycles. The molecule has 0 aliphatic heterocycles. The van der Waals surface area contributed by atoms with E-state index in [-0.39, 0.29) is 23.8 Å². The third kappa shape index (κ3) is 4.42. The molecule has 0 amide bonds.